The second kappa shape index (κ2) is 14.0. The van der Waals surface area contributed by atoms with Gasteiger partial charge in [-0.3, -0.25) is 4.90 Å². The van der Waals surface area contributed by atoms with Gasteiger partial charge >= 0.3 is 12.1 Å². The minimum atomic E-state index is -1.15. The fraction of sp³-hybridized carbons (Fsp3) is 0.593. The molecule has 0 saturated carbocycles. The lowest BCUT2D eigenvalue weighted by Gasteiger charge is -2.45. The molecule has 0 bridgehead atoms. The second-order valence-electron chi connectivity index (χ2n) is 9.81. The maximum Gasteiger partial charge on any atom is 0.410 e. The Morgan fingerprint density at radius 2 is 1.95 bits per heavy atom. The number of amides is 1. The molecule has 37 heavy (non-hydrogen) atoms. The third kappa shape index (κ3) is 9.05. The Hall–Kier alpha value is -3.11. The Balaban J connectivity index is 2.17. The molecule has 0 aliphatic carbocycles. The van der Waals surface area contributed by atoms with Gasteiger partial charge in [0.2, 0.25) is 5.76 Å². The summed E-state index contributed by atoms with van der Waals surface area (Å²) >= 11 is 0. The number of nitrogens with two attached hydrogens (primary N) is 1. The van der Waals surface area contributed by atoms with Crippen LogP contribution in [0.2, 0.25) is 0 Å². The highest BCUT2D eigenvalue weighted by molar-refractivity contribution is 5.93. The molecule has 0 radical (unpaired) electrons. The molecular formula is C27H41N3O7. The van der Waals surface area contributed by atoms with Crippen molar-refractivity contribution in [3.63, 3.8) is 0 Å². The predicted octanol–water partition coefficient (Wildman–Crippen LogP) is 4.13. The zero-order valence-corrected chi connectivity index (χ0v) is 22.8. The van der Waals surface area contributed by atoms with Crippen LogP contribution in [0.15, 0.2) is 47.3 Å². The highest BCUT2D eigenvalue weighted by Gasteiger charge is 2.47. The summed E-state index contributed by atoms with van der Waals surface area (Å²) in [6.07, 6.45) is 2.28. The Morgan fingerprint density at radius 1 is 1.24 bits per heavy atom. The zero-order valence-electron chi connectivity index (χ0n) is 22.8. The first-order valence-electron chi connectivity index (χ1n) is 12.6. The van der Waals surface area contributed by atoms with Crippen molar-refractivity contribution in [2.45, 2.75) is 77.7 Å². The smallest absolute Gasteiger partial charge is 0.410 e. The zero-order chi connectivity index (χ0) is 27.5. The van der Waals surface area contributed by atoms with E-state index in [9.17, 15) is 9.59 Å². The molecule has 2 rings (SSSR count). The molecule has 0 unspecified atom stereocenters. The quantitative estimate of drug-likeness (QED) is 0.116. The normalized spacial score (nSPS) is 20.8. The number of hydrogen-bond acceptors (Lipinski definition) is 8. The van der Waals surface area contributed by atoms with Crippen LogP contribution in [-0.4, -0.2) is 66.9 Å². The van der Waals surface area contributed by atoms with Gasteiger partial charge in [-0.25, -0.2) is 9.59 Å². The highest BCUT2D eigenvalue weighted by atomic mass is 16.7. The Labute approximate surface area is 219 Å². The molecule has 0 spiro atoms. The molecule has 1 saturated heterocycles. The third-order valence-corrected chi connectivity index (χ3v) is 5.75. The van der Waals surface area contributed by atoms with Crippen molar-refractivity contribution in [3.8, 4) is 0 Å². The van der Waals surface area contributed by atoms with Crippen LogP contribution in [-0.2, 0) is 35.2 Å². The lowest BCUT2D eigenvalue weighted by molar-refractivity contribution is -0.142. The van der Waals surface area contributed by atoms with Gasteiger partial charge in [-0.2, -0.15) is 0 Å². The van der Waals surface area contributed by atoms with Gasteiger partial charge in [0.1, 0.15) is 11.1 Å². The molecule has 1 aromatic carbocycles. The number of amidine groups is 1. The maximum atomic E-state index is 13.0. The van der Waals surface area contributed by atoms with E-state index in [2.05, 4.69) is 5.16 Å². The van der Waals surface area contributed by atoms with E-state index in [0.29, 0.717) is 32.5 Å². The monoisotopic (exact) mass is 519 g/mol. The van der Waals surface area contributed by atoms with E-state index >= 15 is 0 Å². The summed E-state index contributed by atoms with van der Waals surface area (Å²) in [4.78, 5) is 32.0. The van der Waals surface area contributed by atoms with Crippen LogP contribution in [0.5, 0.6) is 0 Å². The number of carbonyl (C=O) groups excluding carboxylic acids is 2. The van der Waals surface area contributed by atoms with Crippen molar-refractivity contribution in [1.82, 2.24) is 4.90 Å². The number of likely N-dealkylation sites (N-methyl/N-ethyl adjacent to an activating group) is 1. The largest absolute Gasteiger partial charge is 0.460 e. The van der Waals surface area contributed by atoms with Crippen molar-refractivity contribution in [1.29, 1.82) is 0 Å². The minimum Gasteiger partial charge on any atom is -0.460 e. The number of allylic oxidation sites excluding steroid dienone is 1. The van der Waals surface area contributed by atoms with Gasteiger partial charge in [-0.05, 0) is 58.6 Å². The van der Waals surface area contributed by atoms with Crippen LogP contribution < -0.4 is 5.73 Å². The number of oxime groups is 1. The lowest BCUT2D eigenvalue weighted by Crippen LogP contribution is -2.64. The topological polar surface area (TPSA) is 122 Å². The number of benzene rings is 1. The van der Waals surface area contributed by atoms with Crippen molar-refractivity contribution in [2.75, 3.05) is 26.9 Å². The number of rotatable bonds is 11. The maximum absolute atomic E-state index is 13.0. The summed E-state index contributed by atoms with van der Waals surface area (Å²) in [7, 11) is 1.58. The van der Waals surface area contributed by atoms with Gasteiger partial charge in [0.05, 0.1) is 32.5 Å². The molecule has 1 fully saturated rings. The van der Waals surface area contributed by atoms with E-state index in [-0.39, 0.29) is 30.9 Å². The molecule has 1 aliphatic heterocycles. The third-order valence-electron chi connectivity index (χ3n) is 5.75. The molecule has 1 aliphatic rings. The van der Waals surface area contributed by atoms with E-state index in [1.165, 1.54) is 4.90 Å². The van der Waals surface area contributed by atoms with Crippen molar-refractivity contribution >= 4 is 17.9 Å². The molecular weight excluding hydrogens is 478 g/mol. The Kier molecular flexibility index (Phi) is 11.4. The fourth-order valence-electron chi connectivity index (χ4n) is 3.70. The van der Waals surface area contributed by atoms with Crippen molar-refractivity contribution in [2.24, 2.45) is 10.9 Å². The van der Waals surface area contributed by atoms with Gasteiger partial charge in [0, 0.05) is 7.05 Å². The number of carbonyl (C=O) groups is 2. The van der Waals surface area contributed by atoms with Gasteiger partial charge in [0.25, 0.3) is 0 Å². The predicted molar refractivity (Wildman–Crippen MR) is 140 cm³/mol. The average molecular weight is 520 g/mol. The number of nitrogens with zero attached hydrogens (tertiary/aromatic N) is 2. The number of esters is 1. The molecule has 2 atom stereocenters. The van der Waals surface area contributed by atoms with Crippen LogP contribution in [0.1, 0.15) is 59.4 Å². The first-order valence-corrected chi connectivity index (χ1v) is 12.6. The van der Waals surface area contributed by atoms with Crippen LogP contribution >= 0.6 is 0 Å². The van der Waals surface area contributed by atoms with E-state index in [1.54, 1.807) is 40.8 Å². The van der Waals surface area contributed by atoms with Gasteiger partial charge in [0.15, 0.2) is 5.84 Å². The summed E-state index contributed by atoms with van der Waals surface area (Å²) in [5.74, 6) is -0.743. The molecule has 1 heterocycles. The van der Waals surface area contributed by atoms with Gasteiger partial charge in [-0.1, -0.05) is 42.4 Å². The van der Waals surface area contributed by atoms with Crippen LogP contribution in [0.25, 0.3) is 0 Å². The second-order valence-corrected chi connectivity index (χ2v) is 9.81. The van der Waals surface area contributed by atoms with E-state index in [4.69, 9.17) is 29.5 Å². The van der Waals surface area contributed by atoms with Gasteiger partial charge in [-0.15, -0.1) is 0 Å². The van der Waals surface area contributed by atoms with Crippen LogP contribution in [0.3, 0.4) is 0 Å². The molecule has 1 amide bonds. The highest BCUT2D eigenvalue weighted by Crippen LogP contribution is 2.31. The lowest BCUT2D eigenvalue weighted by atomic mass is 9.87. The first-order chi connectivity index (χ1) is 17.5. The Bertz CT molecular complexity index is 933. The molecule has 1 aromatic rings. The molecule has 0 aromatic heterocycles. The van der Waals surface area contributed by atoms with Crippen molar-refractivity contribution in [3.05, 3.63) is 47.7 Å². The fourth-order valence-corrected chi connectivity index (χ4v) is 3.70. The summed E-state index contributed by atoms with van der Waals surface area (Å²) in [6.45, 7) is 10.00. The van der Waals surface area contributed by atoms with Crippen LogP contribution in [0, 0.1) is 0 Å². The minimum absolute atomic E-state index is 0.0178. The Morgan fingerprint density at radius 3 is 2.51 bits per heavy atom. The van der Waals surface area contributed by atoms with E-state index in [0.717, 1.165) is 5.56 Å². The van der Waals surface area contributed by atoms with Crippen LogP contribution in [0.4, 0.5) is 4.79 Å². The van der Waals surface area contributed by atoms with E-state index < -0.39 is 23.2 Å². The van der Waals surface area contributed by atoms with Crippen molar-refractivity contribution < 1.29 is 33.4 Å². The molecule has 206 valence electrons. The molecule has 10 nitrogen and oxygen atoms in total. The average Bonchev–Trinajstić information content (AvgIpc) is 2.86. The standard InChI is InChI=1S/C27H41N3O7/c1-7-12-22(23(31)34-8-2)37-29-24(28)27(30(6)25(32)36-26(3,4)5)16-15-21(35-19-27)18-33-17-20-13-10-9-11-14-20/h9-14,21H,7-8,15-19H2,1-6H3,(H2,28,29)/b22-12+/t21-,27+/m1/s1. The summed E-state index contributed by atoms with van der Waals surface area (Å²) in [5, 5.41) is 4.03. The van der Waals surface area contributed by atoms with E-state index in [1.807, 2.05) is 37.3 Å². The summed E-state index contributed by atoms with van der Waals surface area (Å²) in [6, 6.07) is 9.88. The SMILES string of the molecule is CC/C=C(/O/N=C(\N)[C@]1(N(C)C(=O)OC(C)(C)C)CC[C@H](COCc2ccccc2)OC1)C(=O)OCC. The number of hydrogen-bond donors (Lipinski definition) is 1. The summed E-state index contributed by atoms with van der Waals surface area (Å²) in [5.41, 5.74) is 5.63. The summed E-state index contributed by atoms with van der Waals surface area (Å²) < 4.78 is 22.5. The van der Waals surface area contributed by atoms with Gasteiger partial charge < -0.3 is 29.5 Å². The number of ether oxygens (including phenoxy) is 4. The molecule has 10 heteroatoms. The first kappa shape index (κ1) is 30.1. The molecule has 2 N–H and O–H groups in total.